The van der Waals surface area contributed by atoms with Crippen molar-refractivity contribution < 1.29 is 19.8 Å². The molecule has 0 bridgehead atoms. The molecule has 3 aromatic rings. The van der Waals surface area contributed by atoms with Crippen LogP contribution >= 0.6 is 0 Å². The summed E-state index contributed by atoms with van der Waals surface area (Å²) in [4.78, 5) is 33.7. The molecule has 0 spiro atoms. The highest BCUT2D eigenvalue weighted by Gasteiger charge is 2.42. The summed E-state index contributed by atoms with van der Waals surface area (Å²) in [5.41, 5.74) is 0.115. The Bertz CT molecular complexity index is 1260. The number of hydrogen-bond donors (Lipinski definition) is 2. The van der Waals surface area contributed by atoms with E-state index in [9.17, 15) is 19.8 Å². The summed E-state index contributed by atoms with van der Waals surface area (Å²) in [7, 11) is 1.62. The molecule has 1 atom stereocenters. The third-order valence-corrected chi connectivity index (χ3v) is 4.92. The first kappa shape index (κ1) is 20.3. The number of carbonyl (C=O) groups excluding carboxylic acids is 1. The largest absolute Gasteiger partial charge is 0.477 e. The number of carboxylic acids is 1. The Morgan fingerprint density at radius 3 is 2.71 bits per heavy atom. The van der Waals surface area contributed by atoms with Crippen LogP contribution in [-0.4, -0.2) is 65.9 Å². The van der Waals surface area contributed by atoms with Crippen molar-refractivity contribution >= 4 is 11.9 Å². The van der Waals surface area contributed by atoms with Crippen molar-refractivity contribution in [3.05, 3.63) is 59.5 Å². The Morgan fingerprint density at radius 1 is 1.26 bits per heavy atom. The number of aliphatic hydroxyl groups is 1. The third-order valence-electron chi connectivity index (χ3n) is 4.92. The predicted molar refractivity (Wildman–Crippen MR) is 110 cm³/mol. The average Bonchev–Trinajstić information content (AvgIpc) is 3.31. The van der Waals surface area contributed by atoms with E-state index in [1.165, 1.54) is 15.6 Å². The van der Waals surface area contributed by atoms with Gasteiger partial charge in [-0.05, 0) is 24.6 Å². The molecule has 1 aliphatic heterocycles. The third kappa shape index (κ3) is 4.01. The smallest absolute Gasteiger partial charge is 0.354 e. The molecule has 0 unspecified atom stereocenters. The normalized spacial score (nSPS) is 18.0. The molecule has 0 radical (unpaired) electrons. The molecule has 9 nitrogen and oxygen atoms in total. The monoisotopic (exact) mass is 417 g/mol. The molecular weight excluding hydrogens is 398 g/mol. The van der Waals surface area contributed by atoms with Crippen LogP contribution in [0.15, 0.2) is 42.7 Å². The zero-order chi connectivity index (χ0) is 22.2. The second-order valence-electron chi connectivity index (χ2n) is 7.37. The molecule has 4 rings (SSSR count). The second-order valence-corrected chi connectivity index (χ2v) is 7.37. The van der Waals surface area contributed by atoms with Gasteiger partial charge in [0.1, 0.15) is 0 Å². The maximum atomic E-state index is 12.1. The standard InChI is InChI=1S/C22H19N5O4/c1-14-12-23-27(13-14)18-11-17(20(28)29)24-19(25-18)16-5-3-4-15(10-16)6-7-22(31)8-9-26(2)21(22)30/h3-5,10-13,31H,8-9H2,1-2H3,(H,28,29)/t22-/m0/s1. The minimum atomic E-state index is -1.70. The van der Waals surface area contributed by atoms with Gasteiger partial charge in [-0.2, -0.15) is 5.10 Å². The zero-order valence-corrected chi connectivity index (χ0v) is 16.9. The number of likely N-dealkylation sites (tertiary alicyclic amines) is 1. The molecule has 156 valence electrons. The number of aromatic carboxylic acids is 1. The summed E-state index contributed by atoms with van der Waals surface area (Å²) < 4.78 is 1.48. The first-order valence-electron chi connectivity index (χ1n) is 9.51. The first-order valence-corrected chi connectivity index (χ1v) is 9.51. The van der Waals surface area contributed by atoms with Gasteiger partial charge in [-0.25, -0.2) is 19.4 Å². The SMILES string of the molecule is Cc1cnn(-c2cc(C(=O)O)nc(-c3cccc(C#C[C@]4(O)CCN(C)C4=O)c3)n2)c1. The van der Waals surface area contributed by atoms with Gasteiger partial charge < -0.3 is 15.1 Å². The van der Waals surface area contributed by atoms with Crippen molar-refractivity contribution in [3.63, 3.8) is 0 Å². The fourth-order valence-electron chi connectivity index (χ4n) is 3.21. The van der Waals surface area contributed by atoms with E-state index in [1.54, 1.807) is 43.7 Å². The Labute approximate surface area is 178 Å². The molecule has 0 aliphatic carbocycles. The van der Waals surface area contributed by atoms with Crippen LogP contribution in [0.25, 0.3) is 17.2 Å². The van der Waals surface area contributed by atoms with Gasteiger partial charge in [0, 0.05) is 43.4 Å². The number of carboxylic acid groups (broad SMARTS) is 1. The van der Waals surface area contributed by atoms with Gasteiger partial charge in [0.25, 0.3) is 5.91 Å². The summed E-state index contributed by atoms with van der Waals surface area (Å²) >= 11 is 0. The molecule has 1 aliphatic rings. The lowest BCUT2D eigenvalue weighted by Gasteiger charge is -2.13. The molecule has 1 amide bonds. The fraction of sp³-hybridized carbons (Fsp3) is 0.227. The fourth-order valence-corrected chi connectivity index (χ4v) is 3.21. The number of amides is 1. The summed E-state index contributed by atoms with van der Waals surface area (Å²) in [5, 5.41) is 24.1. The summed E-state index contributed by atoms with van der Waals surface area (Å²) in [6.07, 6.45) is 3.62. The molecule has 2 N–H and O–H groups in total. The maximum Gasteiger partial charge on any atom is 0.354 e. The van der Waals surface area contributed by atoms with Crippen molar-refractivity contribution in [2.75, 3.05) is 13.6 Å². The van der Waals surface area contributed by atoms with Crippen LogP contribution < -0.4 is 0 Å². The minimum absolute atomic E-state index is 0.168. The van der Waals surface area contributed by atoms with Crippen LogP contribution in [0.5, 0.6) is 0 Å². The van der Waals surface area contributed by atoms with Crippen LogP contribution in [-0.2, 0) is 4.79 Å². The zero-order valence-electron chi connectivity index (χ0n) is 16.9. The molecule has 3 heterocycles. The quantitative estimate of drug-likeness (QED) is 0.616. The van der Waals surface area contributed by atoms with E-state index < -0.39 is 17.5 Å². The van der Waals surface area contributed by atoms with E-state index in [0.717, 1.165) is 5.56 Å². The van der Waals surface area contributed by atoms with Gasteiger partial charge in [-0.3, -0.25) is 4.79 Å². The van der Waals surface area contributed by atoms with Crippen molar-refractivity contribution in [3.8, 4) is 29.0 Å². The van der Waals surface area contributed by atoms with Gasteiger partial charge >= 0.3 is 5.97 Å². The van der Waals surface area contributed by atoms with Crippen LogP contribution in [0, 0.1) is 18.8 Å². The van der Waals surface area contributed by atoms with Crippen LogP contribution in [0.1, 0.15) is 28.0 Å². The maximum absolute atomic E-state index is 12.1. The molecule has 2 aromatic heterocycles. The van der Waals surface area contributed by atoms with E-state index in [4.69, 9.17) is 0 Å². The van der Waals surface area contributed by atoms with Crippen LogP contribution in [0.3, 0.4) is 0 Å². The van der Waals surface area contributed by atoms with Crippen LogP contribution in [0.2, 0.25) is 0 Å². The number of carbonyl (C=O) groups is 2. The van der Waals surface area contributed by atoms with Gasteiger partial charge in [-0.1, -0.05) is 24.0 Å². The molecule has 9 heteroatoms. The lowest BCUT2D eigenvalue weighted by atomic mass is 10.0. The number of benzene rings is 1. The number of rotatable bonds is 3. The molecule has 31 heavy (non-hydrogen) atoms. The Morgan fingerprint density at radius 2 is 2.06 bits per heavy atom. The van der Waals surface area contributed by atoms with E-state index >= 15 is 0 Å². The number of nitrogens with zero attached hydrogens (tertiary/aromatic N) is 5. The number of aryl methyl sites for hydroxylation is 1. The van der Waals surface area contributed by atoms with Crippen molar-refractivity contribution in [1.29, 1.82) is 0 Å². The highest BCUT2D eigenvalue weighted by Crippen LogP contribution is 2.22. The predicted octanol–water partition coefficient (Wildman–Crippen LogP) is 1.28. The number of hydrogen-bond acceptors (Lipinski definition) is 6. The topological polar surface area (TPSA) is 121 Å². The highest BCUT2D eigenvalue weighted by molar-refractivity contribution is 5.90. The van der Waals surface area contributed by atoms with Gasteiger partial charge in [0.2, 0.25) is 5.60 Å². The number of aromatic nitrogens is 4. The Kier molecular flexibility index (Phi) is 5.01. The van der Waals surface area contributed by atoms with Crippen molar-refractivity contribution in [2.24, 2.45) is 0 Å². The molecule has 1 fully saturated rings. The van der Waals surface area contributed by atoms with Crippen LogP contribution in [0.4, 0.5) is 0 Å². The van der Waals surface area contributed by atoms with Gasteiger partial charge in [0.05, 0.1) is 6.20 Å². The summed E-state index contributed by atoms with van der Waals surface area (Å²) in [6.45, 7) is 2.31. The first-order chi connectivity index (χ1) is 14.7. The Hall–Kier alpha value is -4.03. The van der Waals surface area contributed by atoms with Gasteiger partial charge in [0.15, 0.2) is 17.3 Å². The molecular formula is C22H19N5O4. The highest BCUT2D eigenvalue weighted by atomic mass is 16.4. The van der Waals surface area contributed by atoms with E-state index in [2.05, 4.69) is 26.9 Å². The molecule has 1 saturated heterocycles. The average molecular weight is 417 g/mol. The summed E-state index contributed by atoms with van der Waals surface area (Å²) in [5.74, 6) is 4.42. The van der Waals surface area contributed by atoms with Crippen molar-refractivity contribution in [2.45, 2.75) is 18.9 Å². The lowest BCUT2D eigenvalue weighted by molar-refractivity contribution is -0.137. The molecule has 1 aromatic carbocycles. The lowest BCUT2D eigenvalue weighted by Crippen LogP contribution is -2.37. The Balaban J connectivity index is 1.73. The molecule has 0 saturated carbocycles. The number of likely N-dealkylation sites (N-methyl/N-ethyl adjacent to an activating group) is 1. The van der Waals surface area contributed by atoms with E-state index in [-0.39, 0.29) is 17.9 Å². The summed E-state index contributed by atoms with van der Waals surface area (Å²) in [6, 6.07) is 8.20. The van der Waals surface area contributed by atoms with Gasteiger partial charge in [-0.15, -0.1) is 0 Å². The second kappa shape index (κ2) is 7.66. The van der Waals surface area contributed by atoms with E-state index in [1.807, 2.05) is 6.92 Å². The van der Waals surface area contributed by atoms with E-state index in [0.29, 0.717) is 23.5 Å². The van der Waals surface area contributed by atoms with Crippen molar-refractivity contribution in [1.82, 2.24) is 24.6 Å². The minimum Gasteiger partial charge on any atom is -0.477 e.